The molecular weight excluding hydrogens is 428 g/mol. The van der Waals surface area contributed by atoms with Gasteiger partial charge in [-0.1, -0.05) is 41.9 Å². The van der Waals surface area contributed by atoms with E-state index >= 15 is 0 Å². The van der Waals surface area contributed by atoms with Crippen LogP contribution in [-0.4, -0.2) is 37.5 Å². The second kappa shape index (κ2) is 9.53. The molecule has 162 valence electrons. The van der Waals surface area contributed by atoms with E-state index in [0.29, 0.717) is 28.2 Å². The third kappa shape index (κ3) is 4.43. The number of fused-ring (bicyclic) bond motifs is 1. The summed E-state index contributed by atoms with van der Waals surface area (Å²) in [6.07, 6.45) is 1.63. The molecule has 1 N–H and O–H groups in total. The molecule has 0 saturated carbocycles. The quantitative estimate of drug-likeness (QED) is 0.300. The fourth-order valence-electron chi connectivity index (χ4n) is 3.31. The molecule has 0 aliphatic carbocycles. The molecule has 32 heavy (non-hydrogen) atoms. The molecule has 0 aliphatic rings. The number of halogens is 1. The van der Waals surface area contributed by atoms with E-state index in [4.69, 9.17) is 25.8 Å². The van der Waals surface area contributed by atoms with Crippen LogP contribution in [-0.2, 0) is 0 Å². The third-order valence-corrected chi connectivity index (χ3v) is 5.01. The summed E-state index contributed by atoms with van der Waals surface area (Å²) in [5.41, 5.74) is 6.15. The van der Waals surface area contributed by atoms with Gasteiger partial charge in [0.15, 0.2) is 11.5 Å². The summed E-state index contributed by atoms with van der Waals surface area (Å²) in [6, 6.07) is 19.0. The molecular formula is C24H21ClN4O3. The van der Waals surface area contributed by atoms with Crippen molar-refractivity contribution in [2.24, 2.45) is 5.10 Å². The molecule has 0 atom stereocenters. The van der Waals surface area contributed by atoms with Crippen molar-refractivity contribution >= 4 is 34.7 Å². The Morgan fingerprint density at radius 1 is 0.875 bits per heavy atom. The summed E-state index contributed by atoms with van der Waals surface area (Å²) in [4.78, 5) is 9.24. The highest BCUT2D eigenvalue weighted by Crippen LogP contribution is 2.37. The maximum atomic E-state index is 6.22. The molecule has 7 nitrogen and oxygen atoms in total. The van der Waals surface area contributed by atoms with Crippen LogP contribution in [0.25, 0.3) is 22.2 Å². The zero-order valence-electron chi connectivity index (χ0n) is 17.8. The molecule has 0 saturated heterocycles. The lowest BCUT2D eigenvalue weighted by Crippen LogP contribution is -2.00. The van der Waals surface area contributed by atoms with Gasteiger partial charge in [-0.15, -0.1) is 0 Å². The van der Waals surface area contributed by atoms with Gasteiger partial charge in [-0.25, -0.2) is 15.4 Å². The van der Waals surface area contributed by atoms with Crippen molar-refractivity contribution in [1.82, 2.24) is 9.97 Å². The van der Waals surface area contributed by atoms with Crippen LogP contribution in [0, 0.1) is 0 Å². The number of hydrazone groups is 1. The van der Waals surface area contributed by atoms with E-state index < -0.39 is 0 Å². The third-order valence-electron chi connectivity index (χ3n) is 4.77. The fourth-order valence-corrected chi connectivity index (χ4v) is 3.48. The van der Waals surface area contributed by atoms with E-state index in [1.54, 1.807) is 45.7 Å². The Labute approximate surface area is 190 Å². The first-order valence-corrected chi connectivity index (χ1v) is 10.1. The van der Waals surface area contributed by atoms with Gasteiger partial charge in [-0.3, -0.25) is 0 Å². The van der Waals surface area contributed by atoms with Crippen molar-refractivity contribution in [3.05, 3.63) is 71.2 Å². The second-order valence-electron chi connectivity index (χ2n) is 6.75. The molecule has 8 heteroatoms. The monoisotopic (exact) mass is 448 g/mol. The van der Waals surface area contributed by atoms with Gasteiger partial charge >= 0.3 is 0 Å². The first-order valence-electron chi connectivity index (χ1n) is 9.74. The van der Waals surface area contributed by atoms with E-state index in [0.717, 1.165) is 27.7 Å². The maximum absolute atomic E-state index is 6.22. The number of benzene rings is 3. The van der Waals surface area contributed by atoms with E-state index in [9.17, 15) is 0 Å². The van der Waals surface area contributed by atoms with Gasteiger partial charge in [0.2, 0.25) is 11.7 Å². The summed E-state index contributed by atoms with van der Waals surface area (Å²) in [6.45, 7) is 0. The van der Waals surface area contributed by atoms with Gasteiger partial charge < -0.3 is 14.2 Å². The Balaban J connectivity index is 1.68. The number of methoxy groups -OCH3 is 3. The van der Waals surface area contributed by atoms with Gasteiger partial charge in [0, 0.05) is 21.5 Å². The second-order valence-corrected chi connectivity index (χ2v) is 7.19. The Hall–Kier alpha value is -3.84. The minimum Gasteiger partial charge on any atom is -0.493 e. The lowest BCUT2D eigenvalue weighted by atomic mass is 10.1. The summed E-state index contributed by atoms with van der Waals surface area (Å²) in [5.74, 6) is 1.96. The Bertz CT molecular complexity index is 1250. The van der Waals surface area contributed by atoms with Gasteiger partial charge in [-0.2, -0.15) is 5.10 Å². The summed E-state index contributed by atoms with van der Waals surface area (Å²) in [5, 5.41) is 5.79. The van der Waals surface area contributed by atoms with Crippen LogP contribution >= 0.6 is 11.6 Å². The average molecular weight is 449 g/mol. The first kappa shape index (κ1) is 21.4. The fraction of sp³-hybridized carbons (Fsp3) is 0.125. The molecule has 0 radical (unpaired) electrons. The predicted molar refractivity (Wildman–Crippen MR) is 127 cm³/mol. The highest BCUT2D eigenvalue weighted by Gasteiger charge is 2.13. The SMILES string of the molecule is COc1cc(/C=N/Nc2nc(-c3ccccc3)c3cc(Cl)ccc3n2)cc(OC)c1OC. The first-order chi connectivity index (χ1) is 15.6. The number of nitrogens with one attached hydrogen (secondary N) is 1. The standard InChI is InChI=1S/C24H21ClN4O3/c1-30-20-11-15(12-21(31-2)23(20)32-3)14-26-29-24-27-19-10-9-17(25)13-18(19)22(28-24)16-7-5-4-6-8-16/h4-14H,1-3H3,(H,27,28,29)/b26-14+. The van der Waals surface area contributed by atoms with Crippen LogP contribution in [0.15, 0.2) is 65.8 Å². The van der Waals surface area contributed by atoms with Crippen molar-refractivity contribution in [3.8, 4) is 28.5 Å². The lowest BCUT2D eigenvalue weighted by Gasteiger charge is -2.12. The number of aromatic nitrogens is 2. The summed E-state index contributed by atoms with van der Waals surface area (Å²) in [7, 11) is 4.69. The molecule has 0 spiro atoms. The van der Waals surface area contributed by atoms with Gasteiger partial charge in [0.25, 0.3) is 0 Å². The van der Waals surface area contributed by atoms with Crippen LogP contribution in [0.3, 0.4) is 0 Å². The van der Waals surface area contributed by atoms with Crippen molar-refractivity contribution in [3.63, 3.8) is 0 Å². The van der Waals surface area contributed by atoms with Crippen LogP contribution in [0.5, 0.6) is 17.2 Å². The smallest absolute Gasteiger partial charge is 0.244 e. The number of hydrogen-bond donors (Lipinski definition) is 1. The molecule has 0 bridgehead atoms. The van der Waals surface area contributed by atoms with E-state index in [1.165, 1.54) is 0 Å². The van der Waals surface area contributed by atoms with Crippen molar-refractivity contribution in [2.75, 3.05) is 26.8 Å². The average Bonchev–Trinajstić information content (AvgIpc) is 2.83. The Kier molecular flexibility index (Phi) is 6.37. The minimum atomic E-state index is 0.363. The Morgan fingerprint density at radius 3 is 2.25 bits per heavy atom. The normalized spacial score (nSPS) is 11.0. The van der Waals surface area contributed by atoms with Gasteiger partial charge in [-0.05, 0) is 30.3 Å². The maximum Gasteiger partial charge on any atom is 0.244 e. The van der Waals surface area contributed by atoms with Crippen LogP contribution < -0.4 is 19.6 Å². The zero-order chi connectivity index (χ0) is 22.5. The number of anilines is 1. The summed E-state index contributed by atoms with van der Waals surface area (Å²) < 4.78 is 16.1. The number of hydrogen-bond acceptors (Lipinski definition) is 7. The van der Waals surface area contributed by atoms with Crippen molar-refractivity contribution in [2.45, 2.75) is 0 Å². The molecule has 0 aliphatic heterocycles. The molecule has 3 aromatic carbocycles. The topological polar surface area (TPSA) is 77.9 Å². The molecule has 4 aromatic rings. The summed E-state index contributed by atoms with van der Waals surface area (Å²) >= 11 is 6.22. The molecule has 0 unspecified atom stereocenters. The van der Waals surface area contributed by atoms with Crippen LogP contribution in [0.4, 0.5) is 5.95 Å². The molecule has 0 fully saturated rings. The highest BCUT2D eigenvalue weighted by atomic mass is 35.5. The van der Waals surface area contributed by atoms with Crippen molar-refractivity contribution < 1.29 is 14.2 Å². The Morgan fingerprint density at radius 2 is 1.59 bits per heavy atom. The molecule has 4 rings (SSSR count). The number of nitrogens with zero attached hydrogens (tertiary/aromatic N) is 3. The lowest BCUT2D eigenvalue weighted by molar-refractivity contribution is 0.324. The highest BCUT2D eigenvalue weighted by molar-refractivity contribution is 6.31. The molecule has 1 heterocycles. The minimum absolute atomic E-state index is 0.363. The van der Waals surface area contributed by atoms with E-state index in [-0.39, 0.29) is 0 Å². The zero-order valence-corrected chi connectivity index (χ0v) is 18.6. The molecule has 0 amide bonds. The van der Waals surface area contributed by atoms with E-state index in [2.05, 4.69) is 20.5 Å². The molecule has 1 aromatic heterocycles. The van der Waals surface area contributed by atoms with Gasteiger partial charge in [0.1, 0.15) is 0 Å². The number of rotatable bonds is 7. The number of ether oxygens (including phenoxy) is 3. The van der Waals surface area contributed by atoms with Crippen molar-refractivity contribution in [1.29, 1.82) is 0 Å². The van der Waals surface area contributed by atoms with Crippen LogP contribution in [0.1, 0.15) is 5.56 Å². The van der Waals surface area contributed by atoms with E-state index in [1.807, 2.05) is 42.5 Å². The largest absolute Gasteiger partial charge is 0.493 e. The van der Waals surface area contributed by atoms with Gasteiger partial charge in [0.05, 0.1) is 38.8 Å². The van der Waals surface area contributed by atoms with Crippen LogP contribution in [0.2, 0.25) is 5.02 Å². The predicted octanol–water partition coefficient (Wildman–Crippen LogP) is 5.42.